The smallest absolute Gasteiger partial charge is 0.201 e. The molecule has 0 aliphatic carbocycles. The molecule has 1 atom stereocenters. The van der Waals surface area contributed by atoms with Crippen molar-refractivity contribution in [1.82, 2.24) is 0 Å². The van der Waals surface area contributed by atoms with E-state index in [1.807, 2.05) is 0 Å². The molecule has 0 spiro atoms. The number of unbranched alkanes of at least 4 members (excludes halogenated alkanes) is 1. The van der Waals surface area contributed by atoms with Crippen molar-refractivity contribution in [2.75, 3.05) is 0 Å². The lowest BCUT2D eigenvalue weighted by atomic mass is 9.65. The zero-order chi connectivity index (χ0) is 31.2. The van der Waals surface area contributed by atoms with Crippen molar-refractivity contribution >= 4 is 21.5 Å². The SMILES string of the molecule is CCCCc1ccc2c3[n+](ccc2c1)C(CC)(CC)CC(C)(c1ccc2ccccc2c1-c1cccc[n+]1C)c1ccccc1-3. The molecule has 6 aromatic rings. The number of hydrogen-bond acceptors (Lipinski definition) is 0. The topological polar surface area (TPSA) is 7.76 Å². The molecule has 7 rings (SSSR count). The Balaban J connectivity index is 1.58. The Morgan fingerprint density at radius 1 is 0.689 bits per heavy atom. The molecule has 0 radical (unpaired) electrons. The number of pyridine rings is 2. The molecule has 45 heavy (non-hydrogen) atoms. The van der Waals surface area contributed by atoms with Gasteiger partial charge in [-0.2, -0.15) is 4.57 Å². The third-order valence-electron chi connectivity index (χ3n) is 11.0. The highest BCUT2D eigenvalue weighted by Gasteiger charge is 2.51. The van der Waals surface area contributed by atoms with E-state index in [1.54, 1.807) is 0 Å². The normalized spacial score (nSPS) is 17.2. The molecule has 2 nitrogen and oxygen atoms in total. The van der Waals surface area contributed by atoms with Gasteiger partial charge >= 0.3 is 0 Å². The summed E-state index contributed by atoms with van der Waals surface area (Å²) in [5, 5.41) is 5.30. The minimum Gasteiger partial charge on any atom is -0.201 e. The van der Waals surface area contributed by atoms with Crippen LogP contribution >= 0.6 is 0 Å². The fourth-order valence-electron chi connectivity index (χ4n) is 8.41. The predicted molar refractivity (Wildman–Crippen MR) is 188 cm³/mol. The molecule has 226 valence electrons. The summed E-state index contributed by atoms with van der Waals surface area (Å²) < 4.78 is 4.96. The van der Waals surface area contributed by atoms with Gasteiger partial charge in [0.15, 0.2) is 17.9 Å². The first kappa shape index (κ1) is 29.4. The quantitative estimate of drug-likeness (QED) is 0.164. The van der Waals surface area contributed by atoms with Crippen molar-refractivity contribution in [3.05, 3.63) is 132 Å². The van der Waals surface area contributed by atoms with Crippen LogP contribution in [0.25, 0.3) is 44.1 Å². The Morgan fingerprint density at radius 2 is 1.47 bits per heavy atom. The van der Waals surface area contributed by atoms with E-state index in [0.29, 0.717) is 0 Å². The molecule has 1 aliphatic heterocycles. The summed E-state index contributed by atoms with van der Waals surface area (Å²) in [6, 6.07) is 39.2. The fraction of sp³-hybridized carbons (Fsp3) is 0.302. The van der Waals surface area contributed by atoms with Crippen LogP contribution in [0.1, 0.15) is 76.5 Å². The van der Waals surface area contributed by atoms with E-state index >= 15 is 0 Å². The van der Waals surface area contributed by atoms with Gasteiger partial charge in [-0.15, -0.1) is 0 Å². The molecule has 0 saturated carbocycles. The lowest BCUT2D eigenvalue weighted by molar-refractivity contribution is -0.757. The third kappa shape index (κ3) is 4.69. The molecule has 0 amide bonds. The van der Waals surface area contributed by atoms with Crippen LogP contribution in [-0.4, -0.2) is 0 Å². The molecule has 0 N–H and O–H groups in total. The predicted octanol–water partition coefficient (Wildman–Crippen LogP) is 10.0. The number of nitrogens with zero attached hydrogens (tertiary/aromatic N) is 2. The van der Waals surface area contributed by atoms with Crippen LogP contribution in [0.15, 0.2) is 116 Å². The van der Waals surface area contributed by atoms with Gasteiger partial charge < -0.3 is 0 Å². The van der Waals surface area contributed by atoms with Gasteiger partial charge in [-0.05, 0) is 63.9 Å². The molecular formula is C43H46N2+2. The summed E-state index contributed by atoms with van der Waals surface area (Å²) in [5.41, 5.74) is 9.27. The molecule has 0 saturated heterocycles. The molecule has 0 bridgehead atoms. The lowest BCUT2D eigenvalue weighted by Crippen LogP contribution is -2.58. The number of rotatable bonds is 7. The summed E-state index contributed by atoms with van der Waals surface area (Å²) in [4.78, 5) is 0. The zero-order valence-corrected chi connectivity index (χ0v) is 27.6. The maximum atomic E-state index is 2.67. The van der Waals surface area contributed by atoms with E-state index in [0.717, 1.165) is 25.7 Å². The van der Waals surface area contributed by atoms with Crippen LogP contribution in [0.3, 0.4) is 0 Å². The second kappa shape index (κ2) is 11.6. The van der Waals surface area contributed by atoms with Gasteiger partial charge in [0, 0.05) is 42.9 Å². The van der Waals surface area contributed by atoms with Gasteiger partial charge in [0.25, 0.3) is 0 Å². The van der Waals surface area contributed by atoms with Crippen LogP contribution in [0.2, 0.25) is 0 Å². The Morgan fingerprint density at radius 3 is 2.27 bits per heavy atom. The zero-order valence-electron chi connectivity index (χ0n) is 27.6. The highest BCUT2D eigenvalue weighted by molar-refractivity contribution is 5.98. The van der Waals surface area contributed by atoms with E-state index in [2.05, 4.69) is 159 Å². The standard InChI is InChI=1S/C43H46N2/c1-6-9-16-31-22-24-35-33(29-31)26-28-45-41(35)36-19-12-13-20-37(36)42(4,30-43(45,7-2)8-3)38-25-23-32-17-10-11-18-34(32)40(38)39-21-14-15-27-44(39)5/h10-15,17-29H,6-9,16,30H2,1-5H3/q+2. The van der Waals surface area contributed by atoms with E-state index < -0.39 is 0 Å². The van der Waals surface area contributed by atoms with E-state index in [9.17, 15) is 0 Å². The second-order valence-corrected chi connectivity index (χ2v) is 13.5. The van der Waals surface area contributed by atoms with E-state index in [4.69, 9.17) is 0 Å². The number of fused-ring (bicyclic) bond motifs is 6. The summed E-state index contributed by atoms with van der Waals surface area (Å²) in [7, 11) is 2.18. The number of benzene rings is 4. The summed E-state index contributed by atoms with van der Waals surface area (Å²) in [5.74, 6) is 0. The van der Waals surface area contributed by atoms with Gasteiger partial charge in [-0.25, -0.2) is 4.57 Å². The van der Waals surface area contributed by atoms with Crippen molar-refractivity contribution in [1.29, 1.82) is 0 Å². The second-order valence-electron chi connectivity index (χ2n) is 13.5. The van der Waals surface area contributed by atoms with Crippen molar-refractivity contribution in [3.63, 3.8) is 0 Å². The molecule has 0 fully saturated rings. The Hall–Kier alpha value is -4.30. The van der Waals surface area contributed by atoms with Crippen LogP contribution in [0.4, 0.5) is 0 Å². The first-order valence-corrected chi connectivity index (χ1v) is 17.0. The van der Waals surface area contributed by atoms with Crippen LogP contribution in [0, 0.1) is 0 Å². The van der Waals surface area contributed by atoms with Gasteiger partial charge in [0.2, 0.25) is 11.4 Å². The monoisotopic (exact) mass is 590 g/mol. The Kier molecular flexibility index (Phi) is 7.56. The average Bonchev–Trinajstić information content (AvgIpc) is 3.18. The van der Waals surface area contributed by atoms with E-state index in [1.165, 1.54) is 73.6 Å². The van der Waals surface area contributed by atoms with Gasteiger partial charge in [0.05, 0.1) is 16.5 Å². The van der Waals surface area contributed by atoms with E-state index in [-0.39, 0.29) is 11.0 Å². The van der Waals surface area contributed by atoms with Gasteiger partial charge in [0.1, 0.15) is 7.05 Å². The third-order valence-corrected chi connectivity index (χ3v) is 11.0. The van der Waals surface area contributed by atoms with Gasteiger partial charge in [-0.3, -0.25) is 0 Å². The minimum absolute atomic E-state index is 0.0556. The Labute approximate surface area is 269 Å². The maximum Gasteiger partial charge on any atom is 0.221 e. The molecule has 1 unspecified atom stereocenters. The molecule has 3 heterocycles. The number of hydrogen-bond donors (Lipinski definition) is 0. The summed E-state index contributed by atoms with van der Waals surface area (Å²) in [6.07, 6.45) is 11.3. The highest BCUT2D eigenvalue weighted by atomic mass is 15.1. The van der Waals surface area contributed by atoms with Crippen LogP contribution in [0.5, 0.6) is 0 Å². The molecule has 4 aromatic carbocycles. The van der Waals surface area contributed by atoms with Crippen LogP contribution in [-0.2, 0) is 24.4 Å². The molecular weight excluding hydrogens is 544 g/mol. The van der Waals surface area contributed by atoms with Crippen molar-refractivity contribution < 1.29 is 9.13 Å². The minimum atomic E-state index is -0.246. The maximum absolute atomic E-state index is 2.67. The largest absolute Gasteiger partial charge is 0.221 e. The van der Waals surface area contributed by atoms with Crippen molar-refractivity contribution in [2.45, 2.75) is 77.2 Å². The van der Waals surface area contributed by atoms with Crippen molar-refractivity contribution in [3.8, 4) is 22.5 Å². The first-order chi connectivity index (χ1) is 21.9. The highest BCUT2D eigenvalue weighted by Crippen LogP contribution is 2.52. The summed E-state index contributed by atoms with van der Waals surface area (Å²) in [6.45, 7) is 9.60. The van der Waals surface area contributed by atoms with Gasteiger partial charge in [-0.1, -0.05) is 101 Å². The van der Waals surface area contributed by atoms with Crippen molar-refractivity contribution in [2.24, 2.45) is 7.05 Å². The van der Waals surface area contributed by atoms with Crippen LogP contribution < -0.4 is 9.13 Å². The number of aryl methyl sites for hydroxylation is 2. The molecule has 2 aromatic heterocycles. The first-order valence-electron chi connectivity index (χ1n) is 17.0. The lowest BCUT2D eigenvalue weighted by Gasteiger charge is -2.38. The fourth-order valence-corrected chi connectivity index (χ4v) is 8.41. The molecule has 2 heteroatoms. The average molecular weight is 591 g/mol. The Bertz CT molecular complexity index is 2030. The number of aromatic nitrogens is 2. The summed E-state index contributed by atoms with van der Waals surface area (Å²) >= 11 is 0. The molecule has 1 aliphatic rings.